The highest BCUT2D eigenvalue weighted by molar-refractivity contribution is 5.92. The van der Waals surface area contributed by atoms with Gasteiger partial charge in [-0.05, 0) is 50.2 Å². The maximum absolute atomic E-state index is 12.0. The fraction of sp³-hybridized carbons (Fsp3) is 0.333. The van der Waals surface area contributed by atoms with Crippen molar-refractivity contribution in [3.63, 3.8) is 0 Å². The molecule has 0 bridgehead atoms. The van der Waals surface area contributed by atoms with Crippen molar-refractivity contribution in [1.82, 2.24) is 10.2 Å². The molecule has 0 radical (unpaired) electrons. The Morgan fingerprint density at radius 2 is 1.59 bits per heavy atom. The maximum Gasteiger partial charge on any atom is 0.238 e. The zero-order valence-electron chi connectivity index (χ0n) is 16.1. The van der Waals surface area contributed by atoms with Gasteiger partial charge >= 0.3 is 0 Å². The third-order valence-corrected chi connectivity index (χ3v) is 4.06. The number of anilines is 1. The number of benzene rings is 2. The summed E-state index contributed by atoms with van der Waals surface area (Å²) >= 11 is 0. The molecule has 6 nitrogen and oxygen atoms in total. The molecule has 0 aliphatic rings. The summed E-state index contributed by atoms with van der Waals surface area (Å²) in [6.07, 6.45) is 0.743. The highest BCUT2D eigenvalue weighted by atomic mass is 16.5. The molecule has 0 unspecified atom stereocenters. The molecular weight excluding hydrogens is 342 g/mol. The molecule has 0 aliphatic carbocycles. The van der Waals surface area contributed by atoms with Gasteiger partial charge < -0.3 is 15.4 Å². The third kappa shape index (κ3) is 7.50. The van der Waals surface area contributed by atoms with Crippen molar-refractivity contribution < 1.29 is 14.3 Å². The molecule has 2 aromatic carbocycles. The van der Waals surface area contributed by atoms with E-state index in [2.05, 4.69) is 10.6 Å². The van der Waals surface area contributed by atoms with Gasteiger partial charge in [-0.1, -0.05) is 29.8 Å². The number of methoxy groups -OCH3 is 1. The zero-order valence-corrected chi connectivity index (χ0v) is 16.1. The van der Waals surface area contributed by atoms with E-state index in [9.17, 15) is 9.59 Å². The van der Waals surface area contributed by atoms with Crippen molar-refractivity contribution in [3.8, 4) is 5.75 Å². The number of aryl methyl sites for hydroxylation is 1. The summed E-state index contributed by atoms with van der Waals surface area (Å²) < 4.78 is 5.12. The number of nitrogens with zero attached hydrogens (tertiary/aromatic N) is 1. The second-order valence-corrected chi connectivity index (χ2v) is 6.53. The van der Waals surface area contributed by atoms with Crippen LogP contribution in [0.2, 0.25) is 0 Å². The van der Waals surface area contributed by atoms with Crippen LogP contribution in [0.5, 0.6) is 5.75 Å². The summed E-state index contributed by atoms with van der Waals surface area (Å²) in [4.78, 5) is 25.7. The molecule has 27 heavy (non-hydrogen) atoms. The number of nitrogens with one attached hydrogen (secondary N) is 2. The maximum atomic E-state index is 12.0. The van der Waals surface area contributed by atoms with Gasteiger partial charge in [-0.25, -0.2) is 0 Å². The largest absolute Gasteiger partial charge is 0.497 e. The van der Waals surface area contributed by atoms with E-state index in [0.29, 0.717) is 6.54 Å². The standard InChI is InChI=1S/C21H27N3O3/c1-16-4-8-18(9-5-16)23-21(26)15-24(2)14-20(25)22-13-12-17-6-10-19(27-3)11-7-17/h4-11H,12-15H2,1-3H3,(H,22,25)(H,23,26). The molecule has 6 heteroatoms. The van der Waals surface area contributed by atoms with Crippen molar-refractivity contribution in [2.75, 3.05) is 39.1 Å². The zero-order chi connectivity index (χ0) is 19.6. The van der Waals surface area contributed by atoms with Crippen LogP contribution < -0.4 is 15.4 Å². The van der Waals surface area contributed by atoms with Gasteiger partial charge in [-0.15, -0.1) is 0 Å². The summed E-state index contributed by atoms with van der Waals surface area (Å²) in [5.74, 6) is 0.565. The van der Waals surface area contributed by atoms with Crippen LogP contribution in [0.25, 0.3) is 0 Å². The van der Waals surface area contributed by atoms with E-state index in [4.69, 9.17) is 4.74 Å². The molecule has 0 aromatic heterocycles. The Morgan fingerprint density at radius 3 is 2.22 bits per heavy atom. The van der Waals surface area contributed by atoms with Crippen molar-refractivity contribution in [2.45, 2.75) is 13.3 Å². The van der Waals surface area contributed by atoms with E-state index >= 15 is 0 Å². The highest BCUT2D eigenvalue weighted by Gasteiger charge is 2.10. The fourth-order valence-electron chi connectivity index (χ4n) is 2.58. The SMILES string of the molecule is COc1ccc(CCNC(=O)CN(C)CC(=O)Nc2ccc(C)cc2)cc1. The molecule has 144 valence electrons. The molecule has 0 spiro atoms. The third-order valence-electron chi connectivity index (χ3n) is 4.06. The van der Waals surface area contributed by atoms with Crippen molar-refractivity contribution >= 4 is 17.5 Å². The van der Waals surface area contributed by atoms with Gasteiger partial charge in [0.1, 0.15) is 5.75 Å². The second-order valence-electron chi connectivity index (χ2n) is 6.53. The summed E-state index contributed by atoms with van der Waals surface area (Å²) in [6, 6.07) is 15.4. The molecule has 0 saturated carbocycles. The van der Waals surface area contributed by atoms with E-state index in [1.807, 2.05) is 55.5 Å². The molecule has 2 N–H and O–H groups in total. The molecule has 2 aromatic rings. The molecule has 2 rings (SSSR count). The van der Waals surface area contributed by atoms with Gasteiger partial charge in [0.15, 0.2) is 0 Å². The van der Waals surface area contributed by atoms with Crippen molar-refractivity contribution in [1.29, 1.82) is 0 Å². The lowest BCUT2D eigenvalue weighted by molar-refractivity contribution is -0.122. The minimum Gasteiger partial charge on any atom is -0.497 e. The number of rotatable bonds is 9. The van der Waals surface area contributed by atoms with E-state index in [0.717, 1.165) is 29.0 Å². The van der Waals surface area contributed by atoms with Crippen LogP contribution in [0.1, 0.15) is 11.1 Å². The molecule has 0 heterocycles. The lowest BCUT2D eigenvalue weighted by Gasteiger charge is -2.16. The lowest BCUT2D eigenvalue weighted by Crippen LogP contribution is -2.39. The topological polar surface area (TPSA) is 70.7 Å². The van der Waals surface area contributed by atoms with Crippen LogP contribution in [-0.2, 0) is 16.0 Å². The van der Waals surface area contributed by atoms with Crippen LogP contribution in [0.15, 0.2) is 48.5 Å². The van der Waals surface area contributed by atoms with E-state index in [1.54, 1.807) is 19.1 Å². The molecule has 0 fully saturated rings. The number of carbonyl (C=O) groups is 2. The number of hydrogen-bond acceptors (Lipinski definition) is 4. The molecular formula is C21H27N3O3. The van der Waals surface area contributed by atoms with Crippen molar-refractivity contribution in [3.05, 3.63) is 59.7 Å². The summed E-state index contributed by atoms with van der Waals surface area (Å²) in [5, 5.41) is 5.70. The molecule has 0 saturated heterocycles. The predicted octanol–water partition coefficient (Wildman–Crippen LogP) is 2.23. The number of likely N-dealkylation sites (N-methyl/N-ethyl adjacent to an activating group) is 1. The normalized spacial score (nSPS) is 10.5. The minimum atomic E-state index is -0.146. The quantitative estimate of drug-likeness (QED) is 0.711. The fourth-order valence-corrected chi connectivity index (χ4v) is 2.58. The first-order chi connectivity index (χ1) is 13.0. The molecule has 0 atom stereocenters. The minimum absolute atomic E-state index is 0.103. The Bertz CT molecular complexity index is 742. The summed E-state index contributed by atoms with van der Waals surface area (Å²) in [6.45, 7) is 2.87. The Labute approximate surface area is 160 Å². The van der Waals surface area contributed by atoms with Crippen LogP contribution in [-0.4, -0.2) is 50.5 Å². The summed E-state index contributed by atoms with van der Waals surface area (Å²) in [7, 11) is 3.38. The predicted molar refractivity (Wildman–Crippen MR) is 107 cm³/mol. The Morgan fingerprint density at radius 1 is 0.963 bits per heavy atom. The van der Waals surface area contributed by atoms with Gasteiger partial charge in [0.25, 0.3) is 0 Å². The Kier molecular flexibility index (Phi) is 7.82. The second kappa shape index (κ2) is 10.3. The van der Waals surface area contributed by atoms with Gasteiger partial charge in [-0.2, -0.15) is 0 Å². The van der Waals surface area contributed by atoms with Gasteiger partial charge in [0.05, 0.1) is 20.2 Å². The van der Waals surface area contributed by atoms with Gasteiger partial charge in [-0.3, -0.25) is 14.5 Å². The van der Waals surface area contributed by atoms with Crippen LogP contribution in [0, 0.1) is 6.92 Å². The Hall–Kier alpha value is -2.86. The number of hydrogen-bond donors (Lipinski definition) is 2. The van der Waals surface area contributed by atoms with Crippen LogP contribution in [0.3, 0.4) is 0 Å². The number of carbonyl (C=O) groups excluding carboxylic acids is 2. The van der Waals surface area contributed by atoms with Crippen LogP contribution >= 0.6 is 0 Å². The first-order valence-electron chi connectivity index (χ1n) is 8.91. The first kappa shape index (κ1) is 20.5. The van der Waals surface area contributed by atoms with Crippen LogP contribution in [0.4, 0.5) is 5.69 Å². The molecule has 2 amide bonds. The lowest BCUT2D eigenvalue weighted by atomic mass is 10.1. The average molecular weight is 369 g/mol. The smallest absolute Gasteiger partial charge is 0.238 e. The highest BCUT2D eigenvalue weighted by Crippen LogP contribution is 2.11. The number of ether oxygens (including phenoxy) is 1. The van der Waals surface area contributed by atoms with E-state index in [-0.39, 0.29) is 24.9 Å². The van der Waals surface area contributed by atoms with Gasteiger partial charge in [0.2, 0.25) is 11.8 Å². The van der Waals surface area contributed by atoms with Crippen molar-refractivity contribution in [2.24, 2.45) is 0 Å². The first-order valence-corrected chi connectivity index (χ1v) is 8.91. The number of amides is 2. The summed E-state index contributed by atoms with van der Waals surface area (Å²) in [5.41, 5.74) is 3.02. The van der Waals surface area contributed by atoms with E-state index < -0.39 is 0 Å². The van der Waals surface area contributed by atoms with Gasteiger partial charge in [0, 0.05) is 12.2 Å². The average Bonchev–Trinajstić information content (AvgIpc) is 2.64. The monoisotopic (exact) mass is 369 g/mol. The van der Waals surface area contributed by atoms with E-state index in [1.165, 1.54) is 0 Å². The molecule has 0 aliphatic heterocycles. The Balaban J connectivity index is 1.66.